The molecule has 0 radical (unpaired) electrons. The number of hydrogen-bond donors (Lipinski definition) is 0. The number of thioether (sulfide) groups is 1. The quantitative estimate of drug-likeness (QED) is 0.661. The predicted molar refractivity (Wildman–Crippen MR) is 85.4 cm³/mol. The Labute approximate surface area is 121 Å². The Morgan fingerprint density at radius 1 is 1.32 bits per heavy atom. The lowest BCUT2D eigenvalue weighted by Gasteiger charge is -2.14. The molecule has 0 aliphatic heterocycles. The van der Waals surface area contributed by atoms with Gasteiger partial charge in [0.25, 0.3) is 0 Å². The van der Waals surface area contributed by atoms with Crippen molar-refractivity contribution in [2.24, 2.45) is 5.92 Å². The zero-order chi connectivity index (χ0) is 14.1. The van der Waals surface area contributed by atoms with Gasteiger partial charge in [0.1, 0.15) is 0 Å². The molecule has 1 nitrogen and oxygen atoms in total. The minimum atomic E-state index is 0.323. The van der Waals surface area contributed by atoms with Gasteiger partial charge in [0.05, 0.1) is 0 Å². The maximum absolute atomic E-state index is 12.0. The Balaban J connectivity index is 2.31. The van der Waals surface area contributed by atoms with Gasteiger partial charge in [-0.2, -0.15) is 0 Å². The lowest BCUT2D eigenvalue weighted by atomic mass is 9.95. The molecule has 0 amide bonds. The molecule has 0 bridgehead atoms. The summed E-state index contributed by atoms with van der Waals surface area (Å²) in [6.07, 6.45) is 4.81. The van der Waals surface area contributed by atoms with Gasteiger partial charge in [-0.05, 0) is 38.2 Å². The molecule has 1 atom stereocenters. The second-order valence-electron chi connectivity index (χ2n) is 4.80. The lowest BCUT2D eigenvalue weighted by molar-refractivity contribution is -0.111. The van der Waals surface area contributed by atoms with E-state index in [4.69, 9.17) is 0 Å². The minimum Gasteiger partial charge on any atom is -0.287 e. The highest BCUT2D eigenvalue weighted by Gasteiger charge is 2.13. The number of hydrogen-bond acceptors (Lipinski definition) is 2. The molecule has 0 aliphatic rings. The number of rotatable bonds is 7. The van der Waals surface area contributed by atoms with Crippen molar-refractivity contribution in [3.63, 3.8) is 0 Å². The van der Waals surface area contributed by atoms with Crippen molar-refractivity contribution in [1.29, 1.82) is 0 Å². The molecular weight excluding hydrogens is 252 g/mol. The number of aryl methyl sites for hydroxylation is 1. The Bertz CT molecular complexity index is 409. The van der Waals surface area contributed by atoms with Gasteiger partial charge in [0.2, 0.25) is 0 Å². The van der Waals surface area contributed by atoms with Crippen LogP contribution in [0.5, 0.6) is 0 Å². The van der Waals surface area contributed by atoms with E-state index in [0.29, 0.717) is 17.5 Å². The summed E-state index contributed by atoms with van der Waals surface area (Å²) in [5.41, 5.74) is 2.64. The summed E-state index contributed by atoms with van der Waals surface area (Å²) < 4.78 is 0. The van der Waals surface area contributed by atoms with Gasteiger partial charge in [-0.15, -0.1) is 0 Å². The second kappa shape index (κ2) is 8.98. The Morgan fingerprint density at radius 3 is 2.58 bits per heavy atom. The van der Waals surface area contributed by atoms with Crippen molar-refractivity contribution < 1.29 is 4.79 Å². The molecule has 1 rings (SSSR count). The fraction of sp³-hybridized carbons (Fsp3) is 0.471. The molecule has 0 fully saturated rings. The average Bonchev–Trinajstić information content (AvgIpc) is 2.45. The third kappa shape index (κ3) is 6.11. The fourth-order valence-electron chi connectivity index (χ4n) is 2.05. The van der Waals surface area contributed by atoms with Gasteiger partial charge in [0.15, 0.2) is 5.12 Å². The van der Waals surface area contributed by atoms with Crippen LogP contribution in [0.15, 0.2) is 42.0 Å². The van der Waals surface area contributed by atoms with Gasteiger partial charge in [0, 0.05) is 12.2 Å². The molecule has 0 saturated carbocycles. The molecule has 0 spiro atoms. The number of carbonyl (C=O) groups excluding carboxylic acids is 1. The highest BCUT2D eigenvalue weighted by atomic mass is 32.2. The molecule has 104 valence electrons. The number of carbonyl (C=O) groups is 1. The Kier molecular flexibility index (Phi) is 7.57. The number of benzene rings is 1. The maximum atomic E-state index is 12.0. The first-order valence-corrected chi connectivity index (χ1v) is 7.98. The third-order valence-electron chi connectivity index (χ3n) is 3.50. The van der Waals surface area contributed by atoms with Crippen molar-refractivity contribution >= 4 is 16.9 Å². The van der Waals surface area contributed by atoms with E-state index in [1.807, 2.05) is 25.1 Å². The van der Waals surface area contributed by atoms with E-state index in [1.54, 1.807) is 0 Å². The van der Waals surface area contributed by atoms with Crippen LogP contribution in [0, 0.1) is 5.92 Å². The molecule has 0 saturated heterocycles. The molecule has 1 aromatic rings. The van der Waals surface area contributed by atoms with Crippen LogP contribution in [-0.2, 0) is 11.2 Å². The Morgan fingerprint density at radius 2 is 2.00 bits per heavy atom. The molecule has 0 aromatic heterocycles. The molecular formula is C17H24OS. The molecule has 2 heteroatoms. The number of allylic oxidation sites excluding steroid dienone is 2. The molecule has 0 heterocycles. The third-order valence-corrected chi connectivity index (χ3v) is 4.40. The van der Waals surface area contributed by atoms with Crippen molar-refractivity contribution in [2.45, 2.75) is 40.0 Å². The fourth-order valence-corrected chi connectivity index (χ4v) is 2.93. The summed E-state index contributed by atoms with van der Waals surface area (Å²) in [7, 11) is 0. The molecule has 0 N–H and O–H groups in total. The summed E-state index contributed by atoms with van der Waals surface area (Å²) in [5.74, 6) is 1.30. The van der Waals surface area contributed by atoms with Crippen LogP contribution in [0.4, 0.5) is 0 Å². The largest absolute Gasteiger partial charge is 0.287 e. The second-order valence-corrected chi connectivity index (χ2v) is 5.95. The van der Waals surface area contributed by atoms with Crippen molar-refractivity contribution in [2.75, 3.05) is 5.75 Å². The normalized spacial score (nSPS) is 13.3. The van der Waals surface area contributed by atoms with E-state index in [0.717, 1.165) is 18.6 Å². The first-order chi connectivity index (χ1) is 9.17. The van der Waals surface area contributed by atoms with Gasteiger partial charge in [-0.1, -0.05) is 60.7 Å². The standard InChI is InChI=1S/C17H24OS/c1-4-14(3)16(5-2)13-17(18)19-12-11-15-9-7-6-8-10-15/h4,6-10,16H,5,11-13H2,1-3H3/b14-4-/t16-/m0/s1. The average molecular weight is 276 g/mol. The van der Waals surface area contributed by atoms with E-state index in [-0.39, 0.29) is 0 Å². The van der Waals surface area contributed by atoms with Crippen molar-refractivity contribution in [1.82, 2.24) is 0 Å². The summed E-state index contributed by atoms with van der Waals surface area (Å²) in [4.78, 5) is 12.0. The smallest absolute Gasteiger partial charge is 0.189 e. The summed E-state index contributed by atoms with van der Waals surface area (Å²) >= 11 is 1.48. The first kappa shape index (κ1) is 16.0. The minimum absolute atomic E-state index is 0.323. The van der Waals surface area contributed by atoms with E-state index in [1.165, 1.54) is 22.9 Å². The highest BCUT2D eigenvalue weighted by Crippen LogP contribution is 2.22. The van der Waals surface area contributed by atoms with E-state index < -0.39 is 0 Å². The summed E-state index contributed by atoms with van der Waals surface area (Å²) in [5, 5.41) is 0.323. The van der Waals surface area contributed by atoms with Crippen LogP contribution in [0.3, 0.4) is 0 Å². The van der Waals surface area contributed by atoms with Gasteiger partial charge >= 0.3 is 0 Å². The van der Waals surface area contributed by atoms with Crippen LogP contribution < -0.4 is 0 Å². The van der Waals surface area contributed by atoms with Crippen LogP contribution in [0.2, 0.25) is 0 Å². The van der Waals surface area contributed by atoms with Gasteiger partial charge in [-0.25, -0.2) is 0 Å². The molecule has 0 unspecified atom stereocenters. The zero-order valence-corrected chi connectivity index (χ0v) is 13.0. The van der Waals surface area contributed by atoms with E-state index in [2.05, 4.69) is 32.1 Å². The summed E-state index contributed by atoms with van der Waals surface area (Å²) in [6, 6.07) is 10.3. The maximum Gasteiger partial charge on any atom is 0.189 e. The SMILES string of the molecule is C/C=C(/C)[C@@H](CC)CC(=O)SCCc1ccccc1. The van der Waals surface area contributed by atoms with Gasteiger partial charge in [-0.3, -0.25) is 4.79 Å². The molecule has 1 aromatic carbocycles. The molecule has 0 aliphatic carbocycles. The topological polar surface area (TPSA) is 17.1 Å². The first-order valence-electron chi connectivity index (χ1n) is 6.99. The van der Waals surface area contributed by atoms with Crippen LogP contribution in [0.25, 0.3) is 0 Å². The van der Waals surface area contributed by atoms with Crippen molar-refractivity contribution in [3.05, 3.63) is 47.5 Å². The van der Waals surface area contributed by atoms with Crippen LogP contribution in [0.1, 0.15) is 39.2 Å². The van der Waals surface area contributed by atoms with E-state index >= 15 is 0 Å². The van der Waals surface area contributed by atoms with E-state index in [9.17, 15) is 4.79 Å². The Hall–Kier alpha value is -1.02. The molecule has 19 heavy (non-hydrogen) atoms. The van der Waals surface area contributed by atoms with Crippen LogP contribution >= 0.6 is 11.8 Å². The van der Waals surface area contributed by atoms with Crippen molar-refractivity contribution in [3.8, 4) is 0 Å². The van der Waals surface area contributed by atoms with Crippen LogP contribution in [-0.4, -0.2) is 10.9 Å². The lowest BCUT2D eigenvalue weighted by Crippen LogP contribution is -2.07. The zero-order valence-electron chi connectivity index (χ0n) is 12.2. The predicted octanol–water partition coefficient (Wildman–Crippen LogP) is 4.87. The highest BCUT2D eigenvalue weighted by molar-refractivity contribution is 8.13. The monoisotopic (exact) mass is 276 g/mol. The van der Waals surface area contributed by atoms with Gasteiger partial charge < -0.3 is 0 Å². The summed E-state index contributed by atoms with van der Waals surface area (Å²) in [6.45, 7) is 6.32.